The summed E-state index contributed by atoms with van der Waals surface area (Å²) < 4.78 is 10.7. The summed E-state index contributed by atoms with van der Waals surface area (Å²) in [7, 11) is 1.50. The second kappa shape index (κ2) is 18.3. The minimum absolute atomic E-state index is 0.0996. The van der Waals surface area contributed by atoms with E-state index in [0.29, 0.717) is 38.5 Å². The number of hydrogen-bond donors (Lipinski definition) is 5. The molecule has 5 atom stereocenters. The highest BCUT2D eigenvalue weighted by Crippen LogP contribution is 2.09. The van der Waals surface area contributed by atoms with Crippen molar-refractivity contribution in [1.29, 1.82) is 0 Å². The number of carbonyl (C=O) groups is 3. The van der Waals surface area contributed by atoms with Gasteiger partial charge in [-0.05, 0) is 64.1 Å². The lowest BCUT2D eigenvalue weighted by molar-refractivity contribution is -0.146. The molecule has 0 radical (unpaired) electrons. The predicted octanol–water partition coefficient (Wildman–Crippen LogP) is 0.990. The highest BCUT2D eigenvalue weighted by atomic mass is 16.5. The minimum atomic E-state index is -1.24. The SMILES string of the molecule is C=CC(CO)(NC[C@@H](C)CCOC(=O)[C@@H](C)NCC(C)CCOC(=O)[C@H](C)NCC(C)C)C(=O)NC. The molecule has 0 aromatic rings. The molecular weight excluding hydrogens is 464 g/mol. The fourth-order valence-electron chi connectivity index (χ4n) is 3.15. The zero-order valence-corrected chi connectivity index (χ0v) is 23.3. The molecule has 10 nitrogen and oxygen atoms in total. The monoisotopic (exact) mass is 514 g/mol. The number of nitrogens with one attached hydrogen (secondary N) is 4. The van der Waals surface area contributed by atoms with Crippen LogP contribution in [0.3, 0.4) is 0 Å². The lowest BCUT2D eigenvalue weighted by Gasteiger charge is -2.29. The van der Waals surface area contributed by atoms with Gasteiger partial charge in [0.15, 0.2) is 0 Å². The molecule has 5 N–H and O–H groups in total. The van der Waals surface area contributed by atoms with Crippen molar-refractivity contribution in [3.05, 3.63) is 12.7 Å². The van der Waals surface area contributed by atoms with Crippen LogP contribution in [0.15, 0.2) is 12.7 Å². The first kappa shape index (κ1) is 34.0. The molecule has 0 aliphatic rings. The van der Waals surface area contributed by atoms with Gasteiger partial charge in [0.1, 0.15) is 17.6 Å². The van der Waals surface area contributed by atoms with Crippen LogP contribution in [0.25, 0.3) is 0 Å². The van der Waals surface area contributed by atoms with E-state index in [1.54, 1.807) is 13.8 Å². The zero-order valence-electron chi connectivity index (χ0n) is 23.3. The summed E-state index contributed by atoms with van der Waals surface area (Å²) in [5.41, 5.74) is -1.24. The van der Waals surface area contributed by atoms with Gasteiger partial charge in [0.25, 0.3) is 0 Å². The largest absolute Gasteiger partial charge is 0.465 e. The molecule has 10 heteroatoms. The van der Waals surface area contributed by atoms with E-state index in [0.717, 1.165) is 6.54 Å². The zero-order chi connectivity index (χ0) is 27.7. The molecule has 2 unspecified atom stereocenters. The Balaban J connectivity index is 4.17. The van der Waals surface area contributed by atoms with Gasteiger partial charge >= 0.3 is 11.9 Å². The van der Waals surface area contributed by atoms with Crippen molar-refractivity contribution >= 4 is 17.8 Å². The van der Waals surface area contributed by atoms with Crippen LogP contribution in [-0.4, -0.2) is 87.1 Å². The molecule has 0 spiro atoms. The number of ether oxygens (including phenoxy) is 2. The first-order valence-corrected chi connectivity index (χ1v) is 12.9. The Bertz CT molecular complexity index is 675. The minimum Gasteiger partial charge on any atom is -0.465 e. The number of aliphatic hydroxyl groups is 1. The summed E-state index contributed by atoms with van der Waals surface area (Å²) in [5.74, 6) is -0.167. The van der Waals surface area contributed by atoms with Crippen LogP contribution >= 0.6 is 0 Å². The lowest BCUT2D eigenvalue weighted by atomic mass is 9.98. The summed E-state index contributed by atoms with van der Waals surface area (Å²) in [6.45, 7) is 17.3. The maximum absolute atomic E-state index is 12.3. The Hall–Kier alpha value is -2.01. The van der Waals surface area contributed by atoms with E-state index >= 15 is 0 Å². The van der Waals surface area contributed by atoms with Crippen molar-refractivity contribution in [2.45, 2.75) is 72.0 Å². The highest BCUT2D eigenvalue weighted by Gasteiger charge is 2.33. The molecule has 0 saturated heterocycles. The summed E-state index contributed by atoms with van der Waals surface area (Å²) in [6.07, 6.45) is 2.69. The normalized spacial score (nSPS) is 16.4. The molecule has 1 amide bonds. The molecule has 0 aliphatic heterocycles. The van der Waals surface area contributed by atoms with Gasteiger partial charge in [-0.2, -0.15) is 0 Å². The Kier molecular flexibility index (Phi) is 17.2. The standard InChI is InChI=1S/C26H50N4O6/c1-9-26(17-31,25(34)27-8)30-16-20(5)11-13-36-24(33)22(7)29-15-19(4)10-12-35-23(32)21(6)28-14-18(2)3/h9,18-22,28-31H,1,10-17H2,2-8H3,(H,27,34)/t19?,20-,21-,22+,26?/m0/s1. The van der Waals surface area contributed by atoms with Crippen molar-refractivity contribution in [3.8, 4) is 0 Å². The topological polar surface area (TPSA) is 138 Å². The average molecular weight is 515 g/mol. The summed E-state index contributed by atoms with van der Waals surface area (Å²) in [6, 6.07) is -0.788. The average Bonchev–Trinajstić information content (AvgIpc) is 2.85. The molecule has 0 fully saturated rings. The van der Waals surface area contributed by atoms with Crippen molar-refractivity contribution < 1.29 is 29.0 Å². The first-order chi connectivity index (χ1) is 16.9. The number of carbonyl (C=O) groups excluding carboxylic acids is 3. The van der Waals surface area contributed by atoms with Crippen LogP contribution in [-0.2, 0) is 23.9 Å². The smallest absolute Gasteiger partial charge is 0.322 e. The molecule has 0 heterocycles. The van der Waals surface area contributed by atoms with Gasteiger partial charge < -0.3 is 30.5 Å². The molecule has 0 aromatic heterocycles. The van der Waals surface area contributed by atoms with Crippen LogP contribution < -0.4 is 21.3 Å². The van der Waals surface area contributed by atoms with Crippen molar-refractivity contribution in [1.82, 2.24) is 21.3 Å². The van der Waals surface area contributed by atoms with Crippen molar-refractivity contribution in [2.75, 3.05) is 46.5 Å². The van der Waals surface area contributed by atoms with Crippen molar-refractivity contribution in [2.24, 2.45) is 17.8 Å². The molecule has 0 aliphatic carbocycles. The molecule has 0 saturated carbocycles. The van der Waals surface area contributed by atoms with Gasteiger partial charge in [0.05, 0.1) is 19.8 Å². The Morgan fingerprint density at radius 3 is 1.75 bits per heavy atom. The molecule has 36 heavy (non-hydrogen) atoms. The van der Waals surface area contributed by atoms with E-state index in [9.17, 15) is 19.5 Å². The lowest BCUT2D eigenvalue weighted by Crippen LogP contribution is -2.58. The number of amides is 1. The predicted molar refractivity (Wildman–Crippen MR) is 141 cm³/mol. The summed E-state index contributed by atoms with van der Waals surface area (Å²) in [5, 5.41) is 21.5. The Morgan fingerprint density at radius 2 is 1.33 bits per heavy atom. The molecule has 0 aromatic carbocycles. The Labute approximate surface area is 217 Å². The van der Waals surface area contributed by atoms with E-state index in [1.807, 2.05) is 13.8 Å². The van der Waals surface area contributed by atoms with Crippen LogP contribution in [0, 0.1) is 17.8 Å². The Morgan fingerprint density at radius 1 is 0.861 bits per heavy atom. The fraction of sp³-hybridized carbons (Fsp3) is 0.808. The van der Waals surface area contributed by atoms with Gasteiger partial charge in [-0.25, -0.2) is 0 Å². The second-order valence-electron chi connectivity index (χ2n) is 10.1. The maximum atomic E-state index is 12.3. The van der Waals surface area contributed by atoms with E-state index in [-0.39, 0.29) is 42.3 Å². The van der Waals surface area contributed by atoms with Crippen LogP contribution in [0.2, 0.25) is 0 Å². The van der Waals surface area contributed by atoms with Crippen LogP contribution in [0.4, 0.5) is 0 Å². The van der Waals surface area contributed by atoms with Gasteiger partial charge in [-0.1, -0.05) is 33.8 Å². The number of rotatable bonds is 20. The van der Waals surface area contributed by atoms with Gasteiger partial charge in [-0.15, -0.1) is 6.58 Å². The first-order valence-electron chi connectivity index (χ1n) is 12.9. The van der Waals surface area contributed by atoms with E-state index in [1.165, 1.54) is 13.1 Å². The number of hydrogen-bond acceptors (Lipinski definition) is 9. The summed E-state index contributed by atoms with van der Waals surface area (Å²) in [4.78, 5) is 36.3. The van der Waals surface area contributed by atoms with Gasteiger partial charge in [-0.3, -0.25) is 19.7 Å². The third-order valence-corrected chi connectivity index (χ3v) is 6.02. The van der Waals surface area contributed by atoms with E-state index < -0.39 is 18.2 Å². The van der Waals surface area contributed by atoms with Gasteiger partial charge in [0.2, 0.25) is 5.91 Å². The van der Waals surface area contributed by atoms with Crippen molar-refractivity contribution in [3.63, 3.8) is 0 Å². The molecule has 0 rings (SSSR count). The highest BCUT2D eigenvalue weighted by molar-refractivity contribution is 5.88. The van der Waals surface area contributed by atoms with Gasteiger partial charge in [0, 0.05) is 7.05 Å². The third kappa shape index (κ3) is 13.3. The van der Waals surface area contributed by atoms with E-state index in [2.05, 4.69) is 41.7 Å². The maximum Gasteiger partial charge on any atom is 0.322 e. The van der Waals surface area contributed by atoms with E-state index in [4.69, 9.17) is 9.47 Å². The number of aliphatic hydroxyl groups excluding tert-OH is 1. The third-order valence-electron chi connectivity index (χ3n) is 6.02. The summed E-state index contributed by atoms with van der Waals surface area (Å²) >= 11 is 0. The fourth-order valence-corrected chi connectivity index (χ4v) is 3.15. The number of likely N-dealkylation sites (N-methyl/N-ethyl adjacent to an activating group) is 1. The number of esters is 2. The second-order valence-corrected chi connectivity index (χ2v) is 10.1. The quantitative estimate of drug-likeness (QED) is 0.119. The molecular formula is C26H50N4O6. The molecule has 0 bridgehead atoms. The van der Waals surface area contributed by atoms with Crippen LogP contribution in [0.5, 0.6) is 0 Å². The van der Waals surface area contributed by atoms with Crippen LogP contribution in [0.1, 0.15) is 54.4 Å². The molecule has 210 valence electrons.